The van der Waals surface area contributed by atoms with Gasteiger partial charge in [0.1, 0.15) is 0 Å². The Morgan fingerprint density at radius 1 is 1.00 bits per heavy atom. The summed E-state index contributed by atoms with van der Waals surface area (Å²) in [4.78, 5) is 4.04. The van der Waals surface area contributed by atoms with Gasteiger partial charge >= 0.3 is 0 Å². The van der Waals surface area contributed by atoms with E-state index in [0.717, 1.165) is 6.42 Å². The zero-order valence-electron chi connectivity index (χ0n) is 9.85. The predicted octanol–water partition coefficient (Wildman–Crippen LogP) is 3.74. The van der Waals surface area contributed by atoms with Crippen LogP contribution in [0.15, 0.2) is 48.8 Å². The van der Waals surface area contributed by atoms with Gasteiger partial charge in [0.05, 0.1) is 0 Å². The predicted molar refractivity (Wildman–Crippen MR) is 67.5 cm³/mol. The van der Waals surface area contributed by atoms with Crippen molar-refractivity contribution in [3.05, 3.63) is 65.5 Å². The first kappa shape index (κ1) is 10.9. The maximum absolute atomic E-state index is 4.04. The number of aryl methyl sites for hydroxylation is 1. The van der Waals surface area contributed by atoms with Crippen LogP contribution < -0.4 is 0 Å². The third-order valence-electron chi connectivity index (χ3n) is 2.94. The van der Waals surface area contributed by atoms with Crippen LogP contribution in [0.2, 0.25) is 0 Å². The molecule has 0 saturated heterocycles. The van der Waals surface area contributed by atoms with Gasteiger partial charge in [-0.2, -0.15) is 0 Å². The SMILES string of the molecule is Cc1ccc([C@H](C)Cc2ccncc2)cc1. The van der Waals surface area contributed by atoms with E-state index >= 15 is 0 Å². The molecule has 1 aromatic heterocycles. The van der Waals surface area contributed by atoms with E-state index in [9.17, 15) is 0 Å². The highest BCUT2D eigenvalue weighted by molar-refractivity contribution is 5.26. The second-order valence-corrected chi connectivity index (χ2v) is 4.37. The molecule has 0 N–H and O–H groups in total. The van der Waals surface area contributed by atoms with Crippen molar-refractivity contribution in [3.63, 3.8) is 0 Å². The minimum Gasteiger partial charge on any atom is -0.265 e. The highest BCUT2D eigenvalue weighted by Gasteiger charge is 2.05. The van der Waals surface area contributed by atoms with Crippen molar-refractivity contribution < 1.29 is 0 Å². The molecule has 2 aromatic rings. The molecule has 2 rings (SSSR count). The Morgan fingerprint density at radius 3 is 2.25 bits per heavy atom. The van der Waals surface area contributed by atoms with Crippen molar-refractivity contribution in [2.45, 2.75) is 26.2 Å². The summed E-state index contributed by atoms with van der Waals surface area (Å²) in [5.41, 5.74) is 4.07. The zero-order valence-corrected chi connectivity index (χ0v) is 9.85. The van der Waals surface area contributed by atoms with E-state index in [1.54, 1.807) is 0 Å². The normalized spacial score (nSPS) is 12.4. The fraction of sp³-hybridized carbons (Fsp3) is 0.267. The van der Waals surface area contributed by atoms with Gasteiger partial charge < -0.3 is 0 Å². The second-order valence-electron chi connectivity index (χ2n) is 4.37. The van der Waals surface area contributed by atoms with Crippen LogP contribution in [0.1, 0.15) is 29.5 Å². The Morgan fingerprint density at radius 2 is 1.62 bits per heavy atom. The summed E-state index contributed by atoms with van der Waals surface area (Å²) in [6, 6.07) is 13.0. The number of benzene rings is 1. The van der Waals surface area contributed by atoms with Crippen LogP contribution in [0, 0.1) is 6.92 Å². The molecule has 0 bridgehead atoms. The van der Waals surface area contributed by atoms with Crippen molar-refractivity contribution in [2.75, 3.05) is 0 Å². The Kier molecular flexibility index (Phi) is 3.35. The molecule has 1 atom stereocenters. The van der Waals surface area contributed by atoms with Gasteiger partial charge in [0, 0.05) is 12.4 Å². The molecule has 0 unspecified atom stereocenters. The van der Waals surface area contributed by atoms with Crippen molar-refractivity contribution in [1.82, 2.24) is 4.98 Å². The standard InChI is InChI=1S/C15H17N/c1-12-3-5-15(6-4-12)13(2)11-14-7-9-16-10-8-14/h3-10,13H,11H2,1-2H3/t13-/m1/s1. The van der Waals surface area contributed by atoms with Crippen molar-refractivity contribution in [1.29, 1.82) is 0 Å². The number of aromatic nitrogens is 1. The maximum atomic E-state index is 4.04. The molecule has 0 aliphatic rings. The Labute approximate surface area is 97.2 Å². The second kappa shape index (κ2) is 4.93. The van der Waals surface area contributed by atoms with Gasteiger partial charge in [-0.05, 0) is 42.5 Å². The molecule has 1 heterocycles. The van der Waals surface area contributed by atoms with Crippen molar-refractivity contribution >= 4 is 0 Å². The summed E-state index contributed by atoms with van der Waals surface area (Å²) < 4.78 is 0. The van der Waals surface area contributed by atoms with Crippen LogP contribution in [0.25, 0.3) is 0 Å². The van der Waals surface area contributed by atoms with Crippen LogP contribution in [0.3, 0.4) is 0 Å². The summed E-state index contributed by atoms with van der Waals surface area (Å²) in [6.45, 7) is 4.39. The summed E-state index contributed by atoms with van der Waals surface area (Å²) >= 11 is 0. The molecule has 0 aliphatic carbocycles. The molecule has 1 aromatic carbocycles. The summed E-state index contributed by atoms with van der Waals surface area (Å²) in [7, 11) is 0. The first-order chi connectivity index (χ1) is 7.75. The van der Waals surface area contributed by atoms with Crippen molar-refractivity contribution in [3.8, 4) is 0 Å². The molecule has 82 valence electrons. The van der Waals surface area contributed by atoms with Crippen molar-refractivity contribution in [2.24, 2.45) is 0 Å². The van der Waals surface area contributed by atoms with E-state index in [0.29, 0.717) is 5.92 Å². The van der Waals surface area contributed by atoms with E-state index < -0.39 is 0 Å². The summed E-state index contributed by atoms with van der Waals surface area (Å²) in [5.74, 6) is 0.558. The number of rotatable bonds is 3. The lowest BCUT2D eigenvalue weighted by Crippen LogP contribution is -1.98. The van der Waals surface area contributed by atoms with E-state index in [1.165, 1.54) is 16.7 Å². The Bertz CT molecular complexity index is 431. The average Bonchev–Trinajstić information content (AvgIpc) is 2.31. The first-order valence-electron chi connectivity index (χ1n) is 5.71. The van der Waals surface area contributed by atoms with Gasteiger partial charge in [-0.3, -0.25) is 4.98 Å². The van der Waals surface area contributed by atoms with E-state index in [1.807, 2.05) is 12.4 Å². The monoisotopic (exact) mass is 211 g/mol. The number of hydrogen-bond acceptors (Lipinski definition) is 1. The minimum atomic E-state index is 0.558. The molecule has 0 spiro atoms. The lowest BCUT2D eigenvalue weighted by Gasteiger charge is -2.12. The molecule has 0 amide bonds. The van der Waals surface area contributed by atoms with Gasteiger partial charge in [-0.15, -0.1) is 0 Å². The molecule has 0 fully saturated rings. The molecule has 0 aliphatic heterocycles. The molecule has 1 heteroatoms. The van der Waals surface area contributed by atoms with Crippen LogP contribution in [-0.2, 0) is 6.42 Å². The third kappa shape index (κ3) is 2.69. The highest BCUT2D eigenvalue weighted by atomic mass is 14.6. The molecule has 1 nitrogen and oxygen atoms in total. The fourth-order valence-corrected chi connectivity index (χ4v) is 1.89. The highest BCUT2D eigenvalue weighted by Crippen LogP contribution is 2.20. The number of nitrogens with zero attached hydrogens (tertiary/aromatic N) is 1. The smallest absolute Gasteiger partial charge is 0.0270 e. The fourth-order valence-electron chi connectivity index (χ4n) is 1.89. The van der Waals surface area contributed by atoms with E-state index in [-0.39, 0.29) is 0 Å². The molecule has 0 saturated carbocycles. The number of hydrogen-bond donors (Lipinski definition) is 0. The quantitative estimate of drug-likeness (QED) is 0.753. The zero-order chi connectivity index (χ0) is 11.4. The summed E-state index contributed by atoms with van der Waals surface area (Å²) in [5, 5.41) is 0. The van der Waals surface area contributed by atoms with Gasteiger partial charge in [0.15, 0.2) is 0 Å². The van der Waals surface area contributed by atoms with Crippen LogP contribution in [-0.4, -0.2) is 4.98 Å². The van der Waals surface area contributed by atoms with Gasteiger partial charge in [0.2, 0.25) is 0 Å². The van der Waals surface area contributed by atoms with Crippen LogP contribution in [0.4, 0.5) is 0 Å². The average molecular weight is 211 g/mol. The van der Waals surface area contributed by atoms with Gasteiger partial charge in [0.25, 0.3) is 0 Å². The van der Waals surface area contributed by atoms with Crippen LogP contribution in [0.5, 0.6) is 0 Å². The minimum absolute atomic E-state index is 0.558. The van der Waals surface area contributed by atoms with Crippen LogP contribution >= 0.6 is 0 Å². The summed E-state index contributed by atoms with van der Waals surface area (Å²) in [6.07, 6.45) is 4.79. The largest absolute Gasteiger partial charge is 0.265 e. The molecular formula is C15H17N. The Balaban J connectivity index is 2.09. The lowest BCUT2D eigenvalue weighted by atomic mass is 9.94. The maximum Gasteiger partial charge on any atom is 0.0270 e. The number of pyridine rings is 1. The van der Waals surface area contributed by atoms with E-state index in [4.69, 9.17) is 0 Å². The lowest BCUT2D eigenvalue weighted by molar-refractivity contribution is 0.758. The van der Waals surface area contributed by atoms with E-state index in [2.05, 4.69) is 55.2 Å². The molecular weight excluding hydrogens is 194 g/mol. The molecule has 16 heavy (non-hydrogen) atoms. The molecule has 0 radical (unpaired) electrons. The topological polar surface area (TPSA) is 12.9 Å². The first-order valence-corrected chi connectivity index (χ1v) is 5.71. The van der Waals surface area contributed by atoms with Gasteiger partial charge in [-0.25, -0.2) is 0 Å². The third-order valence-corrected chi connectivity index (χ3v) is 2.94. The Hall–Kier alpha value is -1.63. The van der Waals surface area contributed by atoms with Gasteiger partial charge in [-0.1, -0.05) is 36.8 Å².